The molecule has 4 aromatic rings. The quantitative estimate of drug-likeness (QED) is 0.249. The van der Waals surface area contributed by atoms with Gasteiger partial charge in [-0.25, -0.2) is 4.79 Å². The molecule has 1 aliphatic heterocycles. The number of urea groups is 1. The summed E-state index contributed by atoms with van der Waals surface area (Å²) in [5.74, 6) is 0.369. The second kappa shape index (κ2) is 13.2. The number of aromatic nitrogens is 1. The molecule has 39 heavy (non-hydrogen) atoms. The first-order valence-corrected chi connectivity index (χ1v) is 14.0. The highest BCUT2D eigenvalue weighted by Gasteiger charge is 2.25. The van der Waals surface area contributed by atoms with E-state index >= 15 is 0 Å². The average Bonchev–Trinajstić information content (AvgIpc) is 3.40. The van der Waals surface area contributed by atoms with Crippen LogP contribution in [0, 0.1) is 6.92 Å². The first-order valence-electron chi connectivity index (χ1n) is 14.0. The van der Waals surface area contributed by atoms with E-state index in [2.05, 4.69) is 105 Å². The van der Waals surface area contributed by atoms with Crippen molar-refractivity contribution in [1.29, 1.82) is 0 Å². The monoisotopic (exact) mass is 518 g/mol. The molecule has 2 N–H and O–H groups in total. The number of benzene rings is 3. The SMILES string of the molecule is Cc1cc(NC(=O)NC2CCN(CCC(c3ccccc3)c3ccccc3)C2)cc(CCc2ccccc2)n1. The zero-order valence-electron chi connectivity index (χ0n) is 22.7. The van der Waals surface area contributed by atoms with E-state index in [-0.39, 0.29) is 12.1 Å². The van der Waals surface area contributed by atoms with Gasteiger partial charge in [-0.1, -0.05) is 91.0 Å². The van der Waals surface area contributed by atoms with E-state index < -0.39 is 0 Å². The third kappa shape index (κ3) is 7.78. The summed E-state index contributed by atoms with van der Waals surface area (Å²) in [4.78, 5) is 20.0. The van der Waals surface area contributed by atoms with Gasteiger partial charge < -0.3 is 15.5 Å². The highest BCUT2D eigenvalue weighted by Crippen LogP contribution is 2.28. The van der Waals surface area contributed by atoms with Gasteiger partial charge >= 0.3 is 6.03 Å². The molecule has 2 amide bonds. The second-order valence-corrected chi connectivity index (χ2v) is 10.5. The van der Waals surface area contributed by atoms with Crippen LogP contribution in [0.2, 0.25) is 0 Å². The lowest BCUT2D eigenvalue weighted by Crippen LogP contribution is -2.40. The lowest BCUT2D eigenvalue weighted by atomic mass is 9.88. The highest BCUT2D eigenvalue weighted by atomic mass is 16.2. The first-order chi connectivity index (χ1) is 19.1. The van der Waals surface area contributed by atoms with Gasteiger partial charge in [0.1, 0.15) is 0 Å². The lowest BCUT2D eigenvalue weighted by Gasteiger charge is -2.22. The number of carbonyl (C=O) groups excluding carboxylic acids is 1. The molecule has 1 aromatic heterocycles. The number of aryl methyl sites for hydroxylation is 3. The summed E-state index contributed by atoms with van der Waals surface area (Å²) in [6, 6.07) is 35.9. The molecule has 0 saturated carbocycles. The standard InChI is InChI=1S/C34H38N4O/c1-26-23-32(24-30(35-26)18-17-27-11-5-2-6-12-27)37-34(39)36-31-19-21-38(25-31)22-20-33(28-13-7-3-8-14-28)29-15-9-4-10-16-29/h2-16,23-24,31,33H,17-22,25H2,1H3,(H2,35,36,37,39). The zero-order valence-corrected chi connectivity index (χ0v) is 22.7. The molecule has 0 bridgehead atoms. The molecule has 3 aromatic carbocycles. The summed E-state index contributed by atoms with van der Waals surface area (Å²) >= 11 is 0. The molecule has 2 heterocycles. The molecule has 5 rings (SSSR count). The lowest BCUT2D eigenvalue weighted by molar-refractivity contribution is 0.247. The molecule has 0 radical (unpaired) electrons. The van der Waals surface area contributed by atoms with Crippen LogP contribution in [0.25, 0.3) is 0 Å². The number of anilines is 1. The highest BCUT2D eigenvalue weighted by molar-refractivity contribution is 5.89. The van der Waals surface area contributed by atoms with Gasteiger partial charge in [-0.05, 0) is 68.0 Å². The predicted molar refractivity (Wildman–Crippen MR) is 159 cm³/mol. The minimum atomic E-state index is -0.145. The van der Waals surface area contributed by atoms with Crippen molar-refractivity contribution in [3.05, 3.63) is 131 Å². The molecule has 1 aliphatic rings. The Balaban J connectivity index is 1.12. The van der Waals surface area contributed by atoms with Crippen molar-refractivity contribution in [2.24, 2.45) is 0 Å². The fraction of sp³-hybridized carbons (Fsp3) is 0.294. The molecule has 1 fully saturated rings. The van der Waals surface area contributed by atoms with Crippen LogP contribution in [0.5, 0.6) is 0 Å². The molecule has 0 spiro atoms. The Morgan fingerprint density at radius 3 is 2.21 bits per heavy atom. The van der Waals surface area contributed by atoms with E-state index in [1.165, 1.54) is 16.7 Å². The number of hydrogen-bond donors (Lipinski definition) is 2. The fourth-order valence-corrected chi connectivity index (χ4v) is 5.57. The number of pyridine rings is 1. The van der Waals surface area contributed by atoms with Gasteiger partial charge in [0.15, 0.2) is 0 Å². The van der Waals surface area contributed by atoms with E-state index in [1.807, 2.05) is 25.1 Å². The maximum absolute atomic E-state index is 12.9. The molecule has 200 valence electrons. The largest absolute Gasteiger partial charge is 0.334 e. The number of nitrogens with zero attached hydrogens (tertiary/aromatic N) is 2. The van der Waals surface area contributed by atoms with E-state index in [9.17, 15) is 4.79 Å². The van der Waals surface area contributed by atoms with Crippen LogP contribution in [-0.2, 0) is 12.8 Å². The number of rotatable bonds is 10. The summed E-state index contributed by atoms with van der Waals surface area (Å²) in [7, 11) is 0. The van der Waals surface area contributed by atoms with Gasteiger partial charge in [-0.15, -0.1) is 0 Å². The topological polar surface area (TPSA) is 57.3 Å². The average molecular weight is 519 g/mol. The Morgan fingerprint density at radius 1 is 0.897 bits per heavy atom. The van der Waals surface area contributed by atoms with Crippen LogP contribution in [0.1, 0.15) is 46.8 Å². The molecular weight excluding hydrogens is 480 g/mol. The third-order valence-corrected chi connectivity index (χ3v) is 7.52. The van der Waals surface area contributed by atoms with Gasteiger partial charge in [0.2, 0.25) is 0 Å². The second-order valence-electron chi connectivity index (χ2n) is 10.5. The Bertz CT molecular complexity index is 1290. The number of amides is 2. The molecule has 1 atom stereocenters. The van der Waals surface area contributed by atoms with Gasteiger partial charge in [-0.3, -0.25) is 4.98 Å². The Kier molecular flexibility index (Phi) is 9.02. The molecular formula is C34H38N4O. The van der Waals surface area contributed by atoms with Crippen molar-refractivity contribution in [1.82, 2.24) is 15.2 Å². The maximum atomic E-state index is 12.9. The molecule has 1 unspecified atom stereocenters. The van der Waals surface area contributed by atoms with Crippen LogP contribution < -0.4 is 10.6 Å². The van der Waals surface area contributed by atoms with Crippen LogP contribution >= 0.6 is 0 Å². The smallest absolute Gasteiger partial charge is 0.319 e. The van der Waals surface area contributed by atoms with Gasteiger partial charge in [0.05, 0.1) is 0 Å². The summed E-state index contributed by atoms with van der Waals surface area (Å²) < 4.78 is 0. The van der Waals surface area contributed by atoms with Crippen molar-refractivity contribution in [2.45, 2.75) is 44.6 Å². The Labute approximate surface area is 232 Å². The normalized spacial score (nSPS) is 15.4. The van der Waals surface area contributed by atoms with Crippen molar-refractivity contribution in [3.63, 3.8) is 0 Å². The van der Waals surface area contributed by atoms with E-state index in [1.54, 1.807) is 0 Å². The summed E-state index contributed by atoms with van der Waals surface area (Å²) in [5, 5.41) is 6.24. The summed E-state index contributed by atoms with van der Waals surface area (Å²) in [6.07, 6.45) is 3.78. The fourth-order valence-electron chi connectivity index (χ4n) is 5.57. The van der Waals surface area contributed by atoms with E-state index in [0.717, 1.165) is 62.4 Å². The summed E-state index contributed by atoms with van der Waals surface area (Å²) in [6.45, 7) is 4.85. The first kappa shape index (κ1) is 26.6. The number of nitrogens with one attached hydrogen (secondary N) is 2. The van der Waals surface area contributed by atoms with Crippen LogP contribution in [0.3, 0.4) is 0 Å². The number of likely N-dealkylation sites (tertiary alicyclic amines) is 1. The minimum Gasteiger partial charge on any atom is -0.334 e. The molecule has 0 aliphatic carbocycles. The summed E-state index contributed by atoms with van der Waals surface area (Å²) in [5.41, 5.74) is 6.70. The van der Waals surface area contributed by atoms with Crippen LogP contribution in [-0.4, -0.2) is 41.6 Å². The van der Waals surface area contributed by atoms with Gasteiger partial charge in [0, 0.05) is 42.1 Å². The van der Waals surface area contributed by atoms with Crippen LogP contribution in [0.15, 0.2) is 103 Å². The number of hydrogen-bond acceptors (Lipinski definition) is 3. The van der Waals surface area contributed by atoms with E-state index in [0.29, 0.717) is 5.92 Å². The minimum absolute atomic E-state index is 0.145. The van der Waals surface area contributed by atoms with Crippen LogP contribution in [0.4, 0.5) is 10.5 Å². The van der Waals surface area contributed by atoms with Crippen molar-refractivity contribution >= 4 is 11.7 Å². The maximum Gasteiger partial charge on any atom is 0.319 e. The Morgan fingerprint density at radius 2 is 1.54 bits per heavy atom. The molecule has 5 heteroatoms. The van der Waals surface area contributed by atoms with Crippen molar-refractivity contribution < 1.29 is 4.79 Å². The van der Waals surface area contributed by atoms with Gasteiger partial charge in [0.25, 0.3) is 0 Å². The van der Waals surface area contributed by atoms with Gasteiger partial charge in [-0.2, -0.15) is 0 Å². The van der Waals surface area contributed by atoms with E-state index in [4.69, 9.17) is 0 Å². The molecule has 5 nitrogen and oxygen atoms in total. The molecule has 1 saturated heterocycles. The van der Waals surface area contributed by atoms with Crippen molar-refractivity contribution in [2.75, 3.05) is 25.0 Å². The predicted octanol–water partition coefficient (Wildman–Crippen LogP) is 6.59. The number of carbonyl (C=O) groups is 1. The third-order valence-electron chi connectivity index (χ3n) is 7.52. The zero-order chi connectivity index (χ0) is 26.9. The van der Waals surface area contributed by atoms with Crippen molar-refractivity contribution in [3.8, 4) is 0 Å². The Hall–Kier alpha value is -3.96.